The zero-order valence-electron chi connectivity index (χ0n) is 10.1. The van der Waals surface area contributed by atoms with Crippen LogP contribution < -0.4 is 10.1 Å². The largest absolute Gasteiger partial charge is 0.481 e. The Morgan fingerprint density at radius 2 is 2.24 bits per heavy atom. The van der Waals surface area contributed by atoms with Gasteiger partial charge in [-0.3, -0.25) is 0 Å². The molecule has 4 nitrogen and oxygen atoms in total. The second-order valence-electron chi connectivity index (χ2n) is 3.76. The lowest BCUT2D eigenvalue weighted by Gasteiger charge is -2.12. The average Bonchev–Trinajstić information content (AvgIpc) is 2.76. The van der Waals surface area contributed by atoms with Gasteiger partial charge in [-0.25, -0.2) is 9.97 Å². The Bertz CT molecular complexity index is 498. The number of ether oxygens (including phenoxy) is 1. The highest BCUT2D eigenvalue weighted by Crippen LogP contribution is 2.24. The van der Waals surface area contributed by atoms with Crippen LogP contribution in [0, 0.1) is 6.92 Å². The summed E-state index contributed by atoms with van der Waals surface area (Å²) in [6, 6.07) is 3.97. The summed E-state index contributed by atoms with van der Waals surface area (Å²) in [6.45, 7) is 4.15. The van der Waals surface area contributed by atoms with Crippen molar-refractivity contribution in [3.8, 4) is 5.88 Å². The second kappa shape index (κ2) is 5.14. The van der Waals surface area contributed by atoms with Crippen molar-refractivity contribution in [2.45, 2.75) is 19.9 Å². The standard InChI is InChI=1S/C12H15N3OS/c1-8-7-14-12(17-8)9(2)15-10-4-5-13-11(6-10)16-3/h4-7,9H,1-3H3,(H,13,15). The Kier molecular flexibility index (Phi) is 3.58. The van der Waals surface area contributed by atoms with E-state index in [1.807, 2.05) is 18.3 Å². The highest BCUT2D eigenvalue weighted by molar-refractivity contribution is 7.11. The third-order valence-electron chi connectivity index (χ3n) is 2.34. The number of anilines is 1. The van der Waals surface area contributed by atoms with Crippen LogP contribution in [0.1, 0.15) is 22.9 Å². The van der Waals surface area contributed by atoms with Crippen LogP contribution in [0.4, 0.5) is 5.69 Å². The van der Waals surface area contributed by atoms with Crippen LogP contribution in [0.25, 0.3) is 0 Å². The van der Waals surface area contributed by atoms with Crippen molar-refractivity contribution in [2.75, 3.05) is 12.4 Å². The lowest BCUT2D eigenvalue weighted by molar-refractivity contribution is 0.398. The molecule has 0 bridgehead atoms. The first-order valence-corrected chi connectivity index (χ1v) is 6.19. The van der Waals surface area contributed by atoms with Crippen LogP contribution in [-0.2, 0) is 0 Å². The molecule has 2 rings (SSSR count). The molecule has 1 N–H and O–H groups in total. The average molecular weight is 249 g/mol. The minimum Gasteiger partial charge on any atom is -0.481 e. The summed E-state index contributed by atoms with van der Waals surface area (Å²) in [6.07, 6.45) is 3.62. The molecular weight excluding hydrogens is 234 g/mol. The number of methoxy groups -OCH3 is 1. The molecule has 0 aliphatic carbocycles. The van der Waals surface area contributed by atoms with Gasteiger partial charge in [-0.15, -0.1) is 11.3 Å². The number of nitrogens with one attached hydrogen (secondary N) is 1. The highest BCUT2D eigenvalue weighted by atomic mass is 32.1. The van der Waals surface area contributed by atoms with E-state index in [1.54, 1.807) is 24.6 Å². The third-order valence-corrected chi connectivity index (χ3v) is 3.43. The van der Waals surface area contributed by atoms with E-state index in [0.717, 1.165) is 10.7 Å². The number of thiazole rings is 1. The summed E-state index contributed by atoms with van der Waals surface area (Å²) in [5.74, 6) is 0.609. The molecule has 5 heteroatoms. The van der Waals surface area contributed by atoms with Gasteiger partial charge in [-0.05, 0) is 19.9 Å². The van der Waals surface area contributed by atoms with Gasteiger partial charge in [0.25, 0.3) is 0 Å². The SMILES string of the molecule is COc1cc(NC(C)c2ncc(C)s2)ccn1. The first-order chi connectivity index (χ1) is 8.19. The maximum absolute atomic E-state index is 5.08. The molecule has 1 unspecified atom stereocenters. The van der Waals surface area contributed by atoms with Gasteiger partial charge in [-0.2, -0.15) is 0 Å². The summed E-state index contributed by atoms with van der Waals surface area (Å²) < 4.78 is 5.08. The van der Waals surface area contributed by atoms with Crippen LogP contribution in [-0.4, -0.2) is 17.1 Å². The molecule has 0 aromatic carbocycles. The first kappa shape index (κ1) is 11.9. The van der Waals surface area contributed by atoms with Crippen molar-refractivity contribution < 1.29 is 4.74 Å². The number of pyridine rings is 1. The Balaban J connectivity index is 2.09. The number of aromatic nitrogens is 2. The molecule has 0 spiro atoms. The van der Waals surface area contributed by atoms with Crippen LogP contribution >= 0.6 is 11.3 Å². The molecular formula is C12H15N3OS. The van der Waals surface area contributed by atoms with E-state index >= 15 is 0 Å². The molecule has 17 heavy (non-hydrogen) atoms. The van der Waals surface area contributed by atoms with E-state index < -0.39 is 0 Å². The Hall–Kier alpha value is -1.62. The molecule has 0 aliphatic rings. The van der Waals surface area contributed by atoms with Crippen molar-refractivity contribution in [3.63, 3.8) is 0 Å². The molecule has 0 saturated carbocycles. The molecule has 2 aromatic heterocycles. The van der Waals surface area contributed by atoms with E-state index in [-0.39, 0.29) is 6.04 Å². The summed E-state index contributed by atoms with van der Waals surface area (Å²) >= 11 is 1.70. The fourth-order valence-electron chi connectivity index (χ4n) is 1.49. The Morgan fingerprint density at radius 3 is 2.88 bits per heavy atom. The summed E-state index contributed by atoms with van der Waals surface area (Å²) in [5.41, 5.74) is 0.984. The zero-order valence-corrected chi connectivity index (χ0v) is 10.9. The van der Waals surface area contributed by atoms with Crippen molar-refractivity contribution >= 4 is 17.0 Å². The lowest BCUT2D eigenvalue weighted by Crippen LogP contribution is -2.06. The van der Waals surface area contributed by atoms with E-state index in [0.29, 0.717) is 5.88 Å². The summed E-state index contributed by atoms with van der Waals surface area (Å²) in [4.78, 5) is 9.65. The Morgan fingerprint density at radius 1 is 1.41 bits per heavy atom. The minimum atomic E-state index is 0.181. The predicted octanol–water partition coefficient (Wildman–Crippen LogP) is 3.03. The predicted molar refractivity (Wildman–Crippen MR) is 69.7 cm³/mol. The molecule has 0 amide bonds. The maximum Gasteiger partial charge on any atom is 0.214 e. The topological polar surface area (TPSA) is 47.0 Å². The number of hydrogen-bond donors (Lipinski definition) is 1. The molecule has 1 atom stereocenters. The van der Waals surface area contributed by atoms with Crippen LogP contribution in [0.15, 0.2) is 24.5 Å². The molecule has 90 valence electrons. The molecule has 0 aliphatic heterocycles. The number of rotatable bonds is 4. The fourth-order valence-corrected chi connectivity index (χ4v) is 2.27. The van der Waals surface area contributed by atoms with Gasteiger partial charge >= 0.3 is 0 Å². The minimum absolute atomic E-state index is 0.181. The second-order valence-corrected chi connectivity index (χ2v) is 5.03. The highest BCUT2D eigenvalue weighted by Gasteiger charge is 2.09. The van der Waals surface area contributed by atoms with Gasteiger partial charge in [0.2, 0.25) is 5.88 Å². The van der Waals surface area contributed by atoms with Crippen molar-refractivity contribution in [1.29, 1.82) is 0 Å². The lowest BCUT2D eigenvalue weighted by atomic mass is 10.3. The van der Waals surface area contributed by atoms with Gasteiger partial charge in [0.1, 0.15) is 5.01 Å². The van der Waals surface area contributed by atoms with Crippen molar-refractivity contribution in [1.82, 2.24) is 9.97 Å². The molecule has 0 fully saturated rings. The number of aryl methyl sites for hydroxylation is 1. The number of hydrogen-bond acceptors (Lipinski definition) is 5. The normalized spacial score (nSPS) is 12.2. The van der Waals surface area contributed by atoms with E-state index in [4.69, 9.17) is 4.74 Å². The Labute approximate surface area is 105 Å². The van der Waals surface area contributed by atoms with E-state index in [9.17, 15) is 0 Å². The molecule has 2 heterocycles. The van der Waals surface area contributed by atoms with Crippen LogP contribution in [0.2, 0.25) is 0 Å². The van der Waals surface area contributed by atoms with E-state index in [2.05, 4.69) is 29.1 Å². The zero-order chi connectivity index (χ0) is 12.3. The summed E-state index contributed by atoms with van der Waals surface area (Å²) in [7, 11) is 1.61. The quantitative estimate of drug-likeness (QED) is 0.904. The van der Waals surface area contributed by atoms with Crippen LogP contribution in [0.5, 0.6) is 5.88 Å². The van der Waals surface area contributed by atoms with E-state index in [1.165, 1.54) is 4.88 Å². The van der Waals surface area contributed by atoms with Gasteiger partial charge in [-0.1, -0.05) is 0 Å². The first-order valence-electron chi connectivity index (χ1n) is 5.38. The van der Waals surface area contributed by atoms with Gasteiger partial charge in [0, 0.05) is 29.0 Å². The molecule has 0 saturated heterocycles. The maximum atomic E-state index is 5.08. The van der Waals surface area contributed by atoms with Gasteiger partial charge in [0.05, 0.1) is 13.2 Å². The monoisotopic (exact) mass is 249 g/mol. The van der Waals surface area contributed by atoms with Crippen molar-refractivity contribution in [2.24, 2.45) is 0 Å². The van der Waals surface area contributed by atoms with Gasteiger partial charge in [0.15, 0.2) is 0 Å². The smallest absolute Gasteiger partial charge is 0.214 e. The van der Waals surface area contributed by atoms with Crippen molar-refractivity contribution in [3.05, 3.63) is 34.4 Å². The molecule has 0 radical (unpaired) electrons. The van der Waals surface area contributed by atoms with Gasteiger partial charge < -0.3 is 10.1 Å². The fraction of sp³-hybridized carbons (Fsp3) is 0.333. The summed E-state index contributed by atoms with van der Waals surface area (Å²) in [5, 5.41) is 4.46. The van der Waals surface area contributed by atoms with Crippen LogP contribution in [0.3, 0.4) is 0 Å². The third kappa shape index (κ3) is 2.94. The number of nitrogens with zero attached hydrogens (tertiary/aromatic N) is 2. The molecule has 2 aromatic rings.